The predicted octanol–water partition coefficient (Wildman–Crippen LogP) is 3.14. The minimum Gasteiger partial charge on any atom is -0.397 e. The number of aliphatic imine (C=N–C) groups is 1. The number of nitrogens with two attached hydrogens (primary N) is 2. The number of hydrazine groups is 2. The molecule has 0 aliphatic carbocycles. The van der Waals surface area contributed by atoms with Gasteiger partial charge in [-0.25, -0.2) is 16.3 Å². The second kappa shape index (κ2) is 7.77. The minimum atomic E-state index is -0.552. The average molecular weight is 421 g/mol. The van der Waals surface area contributed by atoms with Crippen molar-refractivity contribution < 1.29 is 4.74 Å². The van der Waals surface area contributed by atoms with Crippen molar-refractivity contribution in [1.82, 2.24) is 10.9 Å². The van der Waals surface area contributed by atoms with Gasteiger partial charge in [-0.05, 0) is 29.8 Å². The average Bonchev–Trinajstić information content (AvgIpc) is 2.69. The molecule has 0 saturated carbocycles. The predicted molar refractivity (Wildman–Crippen MR) is 114 cm³/mol. The zero-order chi connectivity index (χ0) is 19.7. The summed E-state index contributed by atoms with van der Waals surface area (Å²) >= 11 is 12.5. The van der Waals surface area contributed by atoms with Gasteiger partial charge in [0.05, 0.1) is 16.4 Å². The molecule has 6 N–H and O–H groups in total. The first kappa shape index (κ1) is 19.3. The first-order valence-electron chi connectivity index (χ1n) is 9.04. The number of nitrogens with one attached hydrogen (secondary N) is 2. The van der Waals surface area contributed by atoms with Crippen LogP contribution in [0.3, 0.4) is 0 Å². The molecule has 2 aliphatic heterocycles. The van der Waals surface area contributed by atoms with Gasteiger partial charge >= 0.3 is 0 Å². The summed E-state index contributed by atoms with van der Waals surface area (Å²) in [7, 11) is 0. The molecule has 0 amide bonds. The van der Waals surface area contributed by atoms with Gasteiger partial charge in [-0.3, -0.25) is 5.01 Å². The summed E-state index contributed by atoms with van der Waals surface area (Å²) in [5.74, 6) is 7.29. The molecule has 0 atom stereocenters. The Morgan fingerprint density at radius 3 is 2.71 bits per heavy atom. The molecule has 2 aliphatic rings. The molecule has 4 rings (SSSR count). The van der Waals surface area contributed by atoms with Crippen LogP contribution in [0.15, 0.2) is 41.4 Å². The third-order valence-corrected chi connectivity index (χ3v) is 5.75. The molecule has 0 radical (unpaired) electrons. The number of hydrogen-bond acceptors (Lipinski definition) is 7. The molecule has 2 aromatic rings. The maximum atomic E-state index is 6.59. The monoisotopic (exact) mass is 420 g/mol. The topological polar surface area (TPSA) is 101 Å². The molecule has 28 heavy (non-hydrogen) atoms. The maximum absolute atomic E-state index is 6.59. The molecule has 0 aromatic heterocycles. The molecular weight excluding hydrogens is 399 g/mol. The van der Waals surface area contributed by atoms with Crippen molar-refractivity contribution in [3.63, 3.8) is 0 Å². The van der Waals surface area contributed by atoms with Crippen LogP contribution in [-0.4, -0.2) is 24.6 Å². The second-order valence-electron chi connectivity index (χ2n) is 6.92. The van der Waals surface area contributed by atoms with Crippen molar-refractivity contribution in [2.24, 2.45) is 10.8 Å². The molecule has 1 saturated heterocycles. The molecule has 2 aromatic carbocycles. The first-order chi connectivity index (χ1) is 13.5. The molecule has 7 nitrogen and oxygen atoms in total. The summed E-state index contributed by atoms with van der Waals surface area (Å²) in [6.07, 6.45) is 1.36. The van der Waals surface area contributed by atoms with Crippen molar-refractivity contribution in [3.05, 3.63) is 52.0 Å². The fraction of sp³-hybridized carbons (Fsp3) is 0.316. The van der Waals surface area contributed by atoms with E-state index in [0.717, 1.165) is 5.56 Å². The van der Waals surface area contributed by atoms with Gasteiger partial charge in [-0.2, -0.15) is 0 Å². The third kappa shape index (κ3) is 3.40. The van der Waals surface area contributed by atoms with Crippen molar-refractivity contribution in [1.29, 1.82) is 0 Å². The summed E-state index contributed by atoms with van der Waals surface area (Å²) in [4.78, 5) is 4.81. The number of rotatable bonds is 3. The normalized spacial score (nSPS) is 18.0. The van der Waals surface area contributed by atoms with E-state index in [4.69, 9.17) is 44.5 Å². The highest BCUT2D eigenvalue weighted by Gasteiger charge is 2.47. The Kier molecular flexibility index (Phi) is 5.35. The van der Waals surface area contributed by atoms with Gasteiger partial charge in [0.25, 0.3) is 0 Å². The third-order valence-electron chi connectivity index (χ3n) is 5.21. The van der Waals surface area contributed by atoms with Crippen LogP contribution in [0.25, 0.3) is 0 Å². The van der Waals surface area contributed by atoms with E-state index >= 15 is 0 Å². The van der Waals surface area contributed by atoms with Crippen LogP contribution >= 0.6 is 23.2 Å². The molecule has 0 unspecified atom stereocenters. The Morgan fingerprint density at radius 1 is 1.18 bits per heavy atom. The van der Waals surface area contributed by atoms with E-state index in [-0.39, 0.29) is 0 Å². The number of hydrogen-bond donors (Lipinski definition) is 4. The van der Waals surface area contributed by atoms with Gasteiger partial charge in [0.2, 0.25) is 0 Å². The van der Waals surface area contributed by atoms with Crippen LogP contribution in [0.2, 0.25) is 10.0 Å². The van der Waals surface area contributed by atoms with E-state index < -0.39 is 5.54 Å². The lowest BCUT2D eigenvalue weighted by atomic mass is 9.85. The highest BCUT2D eigenvalue weighted by Crippen LogP contribution is 2.47. The van der Waals surface area contributed by atoms with E-state index in [1.807, 2.05) is 24.3 Å². The zero-order valence-corrected chi connectivity index (χ0v) is 16.7. The quantitative estimate of drug-likeness (QED) is 0.345. The highest BCUT2D eigenvalue weighted by atomic mass is 35.5. The van der Waals surface area contributed by atoms with Crippen LogP contribution in [-0.2, 0) is 11.3 Å². The number of nitrogens with zero attached hydrogens (tertiary/aromatic N) is 2. The number of ether oxygens (including phenoxy) is 1. The molecule has 1 spiro atoms. The van der Waals surface area contributed by atoms with Crippen LogP contribution in [0, 0.1) is 0 Å². The summed E-state index contributed by atoms with van der Waals surface area (Å²) < 4.78 is 5.56. The van der Waals surface area contributed by atoms with Crippen LogP contribution in [0.5, 0.6) is 0 Å². The zero-order valence-electron chi connectivity index (χ0n) is 15.2. The van der Waals surface area contributed by atoms with Crippen molar-refractivity contribution in [3.8, 4) is 0 Å². The Balaban J connectivity index is 1.65. The number of benzene rings is 2. The lowest BCUT2D eigenvalue weighted by molar-refractivity contribution is 0.0686. The van der Waals surface area contributed by atoms with Crippen molar-refractivity contribution in [2.45, 2.75) is 24.9 Å². The van der Waals surface area contributed by atoms with Gasteiger partial charge in [-0.1, -0.05) is 35.3 Å². The summed E-state index contributed by atoms with van der Waals surface area (Å²) in [6, 6.07) is 11.1. The number of halogens is 2. The van der Waals surface area contributed by atoms with E-state index in [2.05, 4.69) is 10.9 Å². The first-order valence-corrected chi connectivity index (χ1v) is 9.80. The SMILES string of the molecule is Nc1ccc(Cl)c2c1N=C(NNCc1cccc(Cl)c1)C1(CCOCC1)N2N. The van der Waals surface area contributed by atoms with E-state index in [1.54, 1.807) is 17.1 Å². The van der Waals surface area contributed by atoms with Gasteiger partial charge in [-0.15, -0.1) is 0 Å². The fourth-order valence-electron chi connectivity index (χ4n) is 3.67. The molecule has 148 valence electrons. The summed E-state index contributed by atoms with van der Waals surface area (Å²) in [6.45, 7) is 1.73. The summed E-state index contributed by atoms with van der Waals surface area (Å²) in [5, 5.41) is 2.91. The number of fused-ring (bicyclic) bond motifs is 1. The second-order valence-corrected chi connectivity index (χ2v) is 7.76. The Morgan fingerprint density at radius 2 is 1.96 bits per heavy atom. The molecule has 0 bridgehead atoms. The smallest absolute Gasteiger partial charge is 0.144 e. The lowest BCUT2D eigenvalue weighted by Gasteiger charge is -2.48. The van der Waals surface area contributed by atoms with Gasteiger partial charge in [0.1, 0.15) is 17.1 Å². The Labute approximate surface area is 173 Å². The van der Waals surface area contributed by atoms with E-state index in [0.29, 0.717) is 65.5 Å². The van der Waals surface area contributed by atoms with Gasteiger partial charge < -0.3 is 15.9 Å². The van der Waals surface area contributed by atoms with Crippen LogP contribution < -0.4 is 27.4 Å². The van der Waals surface area contributed by atoms with Crippen molar-refractivity contribution >= 4 is 46.1 Å². The van der Waals surface area contributed by atoms with E-state index in [1.165, 1.54) is 0 Å². The molecule has 9 heteroatoms. The summed E-state index contributed by atoms with van der Waals surface area (Å²) in [5.41, 5.74) is 14.8. The molecule has 1 fully saturated rings. The lowest BCUT2D eigenvalue weighted by Crippen LogP contribution is -2.67. The Bertz CT molecular complexity index is 913. The number of amidine groups is 1. The number of nitrogen functional groups attached to an aromatic ring is 1. The molecule has 2 heterocycles. The highest BCUT2D eigenvalue weighted by molar-refractivity contribution is 6.34. The fourth-order valence-corrected chi connectivity index (χ4v) is 4.13. The molecular formula is C19H22Cl2N6O. The largest absolute Gasteiger partial charge is 0.397 e. The van der Waals surface area contributed by atoms with Gasteiger partial charge in [0.15, 0.2) is 0 Å². The van der Waals surface area contributed by atoms with Crippen LogP contribution in [0.1, 0.15) is 18.4 Å². The van der Waals surface area contributed by atoms with E-state index in [9.17, 15) is 0 Å². The van der Waals surface area contributed by atoms with Gasteiger partial charge in [0, 0.05) is 37.6 Å². The van der Waals surface area contributed by atoms with Crippen LogP contribution in [0.4, 0.5) is 17.1 Å². The maximum Gasteiger partial charge on any atom is 0.144 e. The minimum absolute atomic E-state index is 0.519. The standard InChI is InChI=1S/C19H22Cl2N6O/c20-13-3-1-2-12(10-13)11-24-26-18-19(6-8-28-9-7-19)27(23)17-14(21)4-5-15(22)16(17)25-18/h1-5,10,24H,6-9,11,22-23H2,(H,25,26). The number of anilines is 2. The Hall–Kier alpha value is -2.03. The van der Waals surface area contributed by atoms with Crippen molar-refractivity contribution in [2.75, 3.05) is 24.0 Å².